The Morgan fingerprint density at radius 2 is 1.74 bits per heavy atom. The van der Waals surface area contributed by atoms with Gasteiger partial charge in [0, 0.05) is 6.07 Å². The van der Waals surface area contributed by atoms with Crippen molar-refractivity contribution in [3.8, 4) is 23.8 Å². The van der Waals surface area contributed by atoms with Crippen LogP contribution in [0.15, 0.2) is 30.3 Å². The molecule has 0 saturated carbocycles. The summed E-state index contributed by atoms with van der Waals surface area (Å²) in [5.41, 5.74) is 2.63. The zero-order chi connectivity index (χ0) is 13.8. The Morgan fingerprint density at radius 1 is 1.05 bits per heavy atom. The summed E-state index contributed by atoms with van der Waals surface area (Å²) in [6, 6.07) is 12.6. The fourth-order valence-electron chi connectivity index (χ4n) is 1.81. The van der Waals surface area contributed by atoms with Gasteiger partial charge in [0.25, 0.3) is 0 Å². The number of hydrogen-bond acceptors (Lipinski definition) is 4. The lowest BCUT2D eigenvalue weighted by Crippen LogP contribution is -1.95. The Kier molecular flexibility index (Phi) is 3.45. The van der Waals surface area contributed by atoms with E-state index in [1.165, 1.54) is 0 Å². The topological polar surface area (TPSA) is 69.7 Å². The number of aromatic nitrogens is 1. The highest BCUT2D eigenvalue weighted by atomic mass is 16.5. The van der Waals surface area contributed by atoms with Gasteiger partial charge in [-0.1, -0.05) is 6.07 Å². The molecule has 0 atom stereocenters. The van der Waals surface area contributed by atoms with Crippen molar-refractivity contribution in [3.63, 3.8) is 0 Å². The van der Waals surface area contributed by atoms with Crippen LogP contribution in [0.25, 0.3) is 0 Å². The number of pyridine rings is 1. The molecule has 1 heterocycles. The Bertz CT molecular complexity index is 685. The van der Waals surface area contributed by atoms with Gasteiger partial charge in [-0.2, -0.15) is 10.5 Å². The Morgan fingerprint density at radius 3 is 2.32 bits per heavy atom. The average molecular weight is 249 g/mol. The summed E-state index contributed by atoms with van der Waals surface area (Å²) in [4.78, 5) is 4.06. The number of ether oxygens (including phenoxy) is 1. The first kappa shape index (κ1) is 12.6. The van der Waals surface area contributed by atoms with Gasteiger partial charge in [0.2, 0.25) is 5.88 Å². The van der Waals surface area contributed by atoms with Crippen molar-refractivity contribution in [1.82, 2.24) is 4.98 Å². The maximum absolute atomic E-state index is 8.90. The summed E-state index contributed by atoms with van der Waals surface area (Å²) >= 11 is 0. The fraction of sp³-hybridized carbons (Fsp3) is 0.133. The second kappa shape index (κ2) is 5.20. The lowest BCUT2D eigenvalue weighted by Gasteiger charge is -2.11. The predicted octanol–water partition coefficient (Wildman–Crippen LogP) is 3.23. The van der Waals surface area contributed by atoms with Crippen LogP contribution in [0.3, 0.4) is 0 Å². The zero-order valence-corrected chi connectivity index (χ0v) is 10.6. The zero-order valence-electron chi connectivity index (χ0n) is 10.6. The van der Waals surface area contributed by atoms with Crippen LogP contribution in [0.5, 0.6) is 11.6 Å². The molecule has 0 aliphatic rings. The normalized spacial score (nSPS) is 9.47. The third kappa shape index (κ3) is 2.70. The molecule has 1 aromatic carbocycles. The maximum atomic E-state index is 8.90. The van der Waals surface area contributed by atoms with E-state index in [0.29, 0.717) is 22.9 Å². The van der Waals surface area contributed by atoms with E-state index in [4.69, 9.17) is 15.3 Å². The van der Waals surface area contributed by atoms with E-state index in [0.717, 1.165) is 11.1 Å². The van der Waals surface area contributed by atoms with E-state index in [-0.39, 0.29) is 0 Å². The first-order chi connectivity index (χ1) is 9.13. The van der Waals surface area contributed by atoms with Crippen LogP contribution in [0, 0.1) is 36.5 Å². The number of nitriles is 2. The van der Waals surface area contributed by atoms with Gasteiger partial charge < -0.3 is 4.74 Å². The molecule has 0 fully saturated rings. The minimum Gasteiger partial charge on any atom is -0.438 e. The molecule has 92 valence electrons. The lowest BCUT2D eigenvalue weighted by atomic mass is 10.1. The van der Waals surface area contributed by atoms with E-state index < -0.39 is 0 Å². The minimum atomic E-state index is 0.307. The summed E-state index contributed by atoms with van der Waals surface area (Å²) in [5, 5.41) is 17.7. The largest absolute Gasteiger partial charge is 0.438 e. The molecule has 0 aliphatic carbocycles. The Balaban J connectivity index is 2.39. The SMILES string of the molecule is Cc1cc(C#N)cc(C)c1Oc1cccc(C#N)n1. The first-order valence-corrected chi connectivity index (χ1v) is 5.70. The standard InChI is InChI=1S/C15H11N3O/c1-10-6-12(8-16)7-11(2)15(10)19-14-5-3-4-13(9-17)18-14/h3-7H,1-2H3. The molecule has 0 amide bonds. The van der Waals surface area contributed by atoms with Gasteiger partial charge >= 0.3 is 0 Å². The molecule has 19 heavy (non-hydrogen) atoms. The number of aryl methyl sites for hydroxylation is 2. The van der Waals surface area contributed by atoms with Gasteiger partial charge in [-0.25, -0.2) is 4.98 Å². The number of rotatable bonds is 2. The van der Waals surface area contributed by atoms with Crippen molar-refractivity contribution in [2.45, 2.75) is 13.8 Å². The van der Waals surface area contributed by atoms with Crippen molar-refractivity contribution < 1.29 is 4.74 Å². The van der Waals surface area contributed by atoms with Crippen molar-refractivity contribution in [2.75, 3.05) is 0 Å². The van der Waals surface area contributed by atoms with Crippen molar-refractivity contribution in [1.29, 1.82) is 10.5 Å². The lowest BCUT2D eigenvalue weighted by molar-refractivity contribution is 0.455. The second-order valence-corrected chi connectivity index (χ2v) is 4.13. The molecule has 0 unspecified atom stereocenters. The number of hydrogen-bond donors (Lipinski definition) is 0. The predicted molar refractivity (Wildman–Crippen MR) is 69.7 cm³/mol. The summed E-state index contributed by atoms with van der Waals surface area (Å²) in [6.45, 7) is 3.74. The second-order valence-electron chi connectivity index (χ2n) is 4.13. The molecule has 1 aromatic heterocycles. The molecule has 2 rings (SSSR count). The molecule has 0 radical (unpaired) electrons. The number of nitrogens with zero attached hydrogens (tertiary/aromatic N) is 3. The van der Waals surface area contributed by atoms with Gasteiger partial charge in [-0.3, -0.25) is 0 Å². The van der Waals surface area contributed by atoms with E-state index in [2.05, 4.69) is 11.1 Å². The van der Waals surface area contributed by atoms with Gasteiger partial charge in [0.05, 0.1) is 11.6 Å². The molecular formula is C15H11N3O. The van der Waals surface area contributed by atoms with Crippen LogP contribution in [0.4, 0.5) is 0 Å². The van der Waals surface area contributed by atoms with E-state index >= 15 is 0 Å². The molecular weight excluding hydrogens is 238 g/mol. The molecule has 4 heteroatoms. The van der Waals surface area contributed by atoms with Gasteiger partial charge in [-0.15, -0.1) is 0 Å². The average Bonchev–Trinajstić information content (AvgIpc) is 2.42. The summed E-state index contributed by atoms with van der Waals surface area (Å²) in [5.74, 6) is 1.04. The van der Waals surface area contributed by atoms with Crippen LogP contribution in [-0.2, 0) is 0 Å². The van der Waals surface area contributed by atoms with E-state index in [1.807, 2.05) is 19.9 Å². The van der Waals surface area contributed by atoms with Crippen LogP contribution in [-0.4, -0.2) is 4.98 Å². The van der Waals surface area contributed by atoms with Gasteiger partial charge in [-0.05, 0) is 43.2 Å². The van der Waals surface area contributed by atoms with Gasteiger partial charge in [0.1, 0.15) is 17.5 Å². The van der Waals surface area contributed by atoms with Crippen LogP contribution in [0.2, 0.25) is 0 Å². The van der Waals surface area contributed by atoms with Crippen LogP contribution >= 0.6 is 0 Å². The maximum Gasteiger partial charge on any atom is 0.220 e. The molecule has 0 aliphatic heterocycles. The molecule has 0 saturated heterocycles. The third-order valence-electron chi connectivity index (χ3n) is 2.63. The monoisotopic (exact) mass is 249 g/mol. The quantitative estimate of drug-likeness (QED) is 0.819. The van der Waals surface area contributed by atoms with Crippen molar-refractivity contribution in [2.24, 2.45) is 0 Å². The fourth-order valence-corrected chi connectivity index (χ4v) is 1.81. The summed E-state index contributed by atoms with van der Waals surface area (Å²) < 4.78 is 5.71. The molecule has 0 N–H and O–H groups in total. The smallest absolute Gasteiger partial charge is 0.220 e. The highest BCUT2D eigenvalue weighted by Gasteiger charge is 2.08. The molecule has 0 bridgehead atoms. The molecule has 4 nitrogen and oxygen atoms in total. The van der Waals surface area contributed by atoms with Crippen molar-refractivity contribution in [3.05, 3.63) is 52.7 Å². The third-order valence-corrected chi connectivity index (χ3v) is 2.63. The summed E-state index contributed by atoms with van der Waals surface area (Å²) in [6.07, 6.45) is 0. The first-order valence-electron chi connectivity index (χ1n) is 5.70. The molecule has 0 spiro atoms. The van der Waals surface area contributed by atoms with Crippen LogP contribution in [0.1, 0.15) is 22.4 Å². The Hall–Kier alpha value is -2.85. The highest BCUT2D eigenvalue weighted by molar-refractivity contribution is 5.48. The molecule has 2 aromatic rings. The minimum absolute atomic E-state index is 0.307. The van der Waals surface area contributed by atoms with E-state index in [1.54, 1.807) is 30.3 Å². The Labute approximate surface area is 111 Å². The van der Waals surface area contributed by atoms with E-state index in [9.17, 15) is 0 Å². The number of benzene rings is 1. The van der Waals surface area contributed by atoms with Gasteiger partial charge in [0.15, 0.2) is 0 Å². The summed E-state index contributed by atoms with van der Waals surface area (Å²) in [7, 11) is 0. The van der Waals surface area contributed by atoms with Crippen LogP contribution < -0.4 is 4.74 Å². The highest BCUT2D eigenvalue weighted by Crippen LogP contribution is 2.28. The van der Waals surface area contributed by atoms with Crippen molar-refractivity contribution >= 4 is 0 Å².